The summed E-state index contributed by atoms with van der Waals surface area (Å²) >= 11 is 12.2. The van der Waals surface area contributed by atoms with Crippen LogP contribution in [0.3, 0.4) is 0 Å². The topological polar surface area (TPSA) is 88.0 Å². The van der Waals surface area contributed by atoms with Gasteiger partial charge in [0.15, 0.2) is 5.72 Å². The minimum atomic E-state index is -1.62. The molecular weight excluding hydrogens is 582 g/mol. The first-order chi connectivity index (χ1) is 20.2. The van der Waals surface area contributed by atoms with Crippen LogP contribution in [0.2, 0.25) is 10.0 Å². The molecule has 0 radical (unpaired) electrons. The van der Waals surface area contributed by atoms with E-state index in [1.807, 2.05) is 6.92 Å². The van der Waals surface area contributed by atoms with Crippen LogP contribution in [0.4, 0.5) is 4.39 Å². The van der Waals surface area contributed by atoms with Gasteiger partial charge in [0, 0.05) is 30.1 Å². The van der Waals surface area contributed by atoms with E-state index < -0.39 is 23.1 Å². The lowest BCUT2D eigenvalue weighted by molar-refractivity contribution is -0.0975. The van der Waals surface area contributed by atoms with Gasteiger partial charge in [-0.1, -0.05) is 42.3 Å². The van der Waals surface area contributed by atoms with Crippen LogP contribution in [0.25, 0.3) is 0 Å². The summed E-state index contributed by atoms with van der Waals surface area (Å²) in [5.74, 6) is -0.872. The van der Waals surface area contributed by atoms with Crippen LogP contribution in [0, 0.1) is 11.7 Å². The summed E-state index contributed by atoms with van der Waals surface area (Å²) in [6.07, 6.45) is 4.79. The third kappa shape index (κ3) is 4.80. The van der Waals surface area contributed by atoms with E-state index in [-0.39, 0.29) is 23.6 Å². The second kappa shape index (κ2) is 11.4. The molecule has 3 aliphatic rings. The van der Waals surface area contributed by atoms with Crippen LogP contribution in [-0.2, 0) is 27.3 Å². The number of piperidine rings is 1. The third-order valence-electron chi connectivity index (χ3n) is 9.17. The number of benzene rings is 2. The average Bonchev–Trinajstić information content (AvgIpc) is 3.21. The highest BCUT2D eigenvalue weighted by molar-refractivity contribution is 6.30. The van der Waals surface area contributed by atoms with Gasteiger partial charge >= 0.3 is 0 Å². The van der Waals surface area contributed by atoms with Crippen LogP contribution >= 0.6 is 23.2 Å². The van der Waals surface area contributed by atoms with Crippen molar-refractivity contribution in [3.8, 4) is 0 Å². The van der Waals surface area contributed by atoms with Crippen LogP contribution in [0.15, 0.2) is 48.8 Å². The molecular formula is C31H33Cl2FN4O4. The number of carbonyl (C=O) groups excluding carboxylic acids is 1. The van der Waals surface area contributed by atoms with E-state index in [1.54, 1.807) is 30.3 Å². The molecule has 11 heteroatoms. The predicted molar refractivity (Wildman–Crippen MR) is 156 cm³/mol. The van der Waals surface area contributed by atoms with Crippen molar-refractivity contribution in [2.75, 3.05) is 33.4 Å². The lowest BCUT2D eigenvalue weighted by Crippen LogP contribution is -2.53. The maximum Gasteiger partial charge on any atom is 0.257 e. The fourth-order valence-corrected chi connectivity index (χ4v) is 6.97. The van der Waals surface area contributed by atoms with Gasteiger partial charge in [0.1, 0.15) is 11.6 Å². The predicted octanol–water partition coefficient (Wildman–Crippen LogP) is 5.13. The Morgan fingerprint density at radius 1 is 1.12 bits per heavy atom. The van der Waals surface area contributed by atoms with Crippen molar-refractivity contribution in [2.45, 2.75) is 50.1 Å². The second-order valence-corrected chi connectivity index (χ2v) is 12.1. The van der Waals surface area contributed by atoms with E-state index >= 15 is 4.39 Å². The fourth-order valence-electron chi connectivity index (χ4n) is 6.75. The number of carbonyl (C=O) groups is 1. The minimum Gasteiger partial charge on any atom is -0.385 e. The number of hydrogen-bond acceptors (Lipinski definition) is 7. The number of rotatable bonds is 8. The molecule has 8 nitrogen and oxygen atoms in total. The average molecular weight is 616 g/mol. The van der Waals surface area contributed by atoms with Crippen LogP contribution in [-0.4, -0.2) is 70.2 Å². The first-order valence-electron chi connectivity index (χ1n) is 14.2. The Hall–Kier alpha value is -2.66. The molecule has 6 rings (SSSR count). The monoisotopic (exact) mass is 614 g/mol. The Bertz CT molecular complexity index is 1470. The summed E-state index contributed by atoms with van der Waals surface area (Å²) in [6, 6.07) is 10.2. The van der Waals surface area contributed by atoms with E-state index in [1.165, 1.54) is 30.5 Å². The number of halogens is 3. The van der Waals surface area contributed by atoms with Crippen LogP contribution < -0.4 is 0 Å². The molecule has 0 spiro atoms. The first-order valence-corrected chi connectivity index (χ1v) is 14.9. The Kier molecular flexibility index (Phi) is 8.02. The van der Waals surface area contributed by atoms with Gasteiger partial charge in [-0.15, -0.1) is 0 Å². The van der Waals surface area contributed by atoms with Gasteiger partial charge in [0.05, 0.1) is 47.6 Å². The summed E-state index contributed by atoms with van der Waals surface area (Å²) in [6.45, 7) is 4.99. The van der Waals surface area contributed by atoms with Gasteiger partial charge in [-0.3, -0.25) is 14.6 Å². The van der Waals surface area contributed by atoms with Crippen molar-refractivity contribution in [3.63, 3.8) is 0 Å². The van der Waals surface area contributed by atoms with Gasteiger partial charge in [0.2, 0.25) is 0 Å². The normalized spacial score (nSPS) is 23.1. The molecule has 2 aromatic carbocycles. The fraction of sp³-hybridized carbons (Fsp3) is 0.452. The number of aliphatic hydroxyl groups is 1. The van der Waals surface area contributed by atoms with Gasteiger partial charge in [-0.2, -0.15) is 0 Å². The molecule has 3 aromatic rings. The summed E-state index contributed by atoms with van der Waals surface area (Å²) in [4.78, 5) is 26.6. The van der Waals surface area contributed by atoms with E-state index in [0.29, 0.717) is 39.5 Å². The molecule has 0 unspecified atom stereocenters. The summed E-state index contributed by atoms with van der Waals surface area (Å²) < 4.78 is 28.0. The third-order valence-corrected chi connectivity index (χ3v) is 9.62. The Labute approximate surface area is 254 Å². The second-order valence-electron chi connectivity index (χ2n) is 11.2. The molecule has 3 aliphatic heterocycles. The minimum absolute atomic E-state index is 0.0721. The molecule has 1 aromatic heterocycles. The molecule has 0 saturated carbocycles. The number of likely N-dealkylation sites (tertiary alicyclic amines) is 1. The SMILES string of the molecule is CC[C@@](O)(c1cc(F)c2c(c1)C(=O)N(Cc1ncc(Cl)cn1)[C@@]2(OC)c1ccc(Cl)cc1)C1CCN(C2COC2)CC1. The lowest BCUT2D eigenvalue weighted by Gasteiger charge is -2.45. The quantitative estimate of drug-likeness (QED) is 0.376. The molecule has 4 heterocycles. The number of amides is 1. The summed E-state index contributed by atoms with van der Waals surface area (Å²) in [7, 11) is 1.43. The number of nitrogens with zero attached hydrogens (tertiary/aromatic N) is 4. The van der Waals surface area contributed by atoms with E-state index in [9.17, 15) is 9.90 Å². The number of hydrogen-bond donors (Lipinski definition) is 1. The van der Waals surface area contributed by atoms with E-state index in [0.717, 1.165) is 39.1 Å². The Balaban J connectivity index is 1.42. The van der Waals surface area contributed by atoms with Crippen molar-refractivity contribution in [3.05, 3.63) is 92.7 Å². The van der Waals surface area contributed by atoms with Crippen molar-refractivity contribution < 1.29 is 23.8 Å². The van der Waals surface area contributed by atoms with E-state index in [4.69, 9.17) is 32.7 Å². The smallest absolute Gasteiger partial charge is 0.257 e. The van der Waals surface area contributed by atoms with Gasteiger partial charge in [0.25, 0.3) is 5.91 Å². The molecule has 2 saturated heterocycles. The maximum atomic E-state index is 16.5. The number of fused-ring (bicyclic) bond motifs is 1. The summed E-state index contributed by atoms with van der Waals surface area (Å²) in [5, 5.41) is 12.9. The zero-order chi connectivity index (χ0) is 29.6. The molecule has 42 heavy (non-hydrogen) atoms. The number of ether oxygens (including phenoxy) is 2. The van der Waals surface area contributed by atoms with Crippen LogP contribution in [0.1, 0.15) is 59.1 Å². The van der Waals surface area contributed by atoms with E-state index in [2.05, 4.69) is 14.9 Å². The van der Waals surface area contributed by atoms with Gasteiger partial charge < -0.3 is 14.6 Å². The molecule has 222 valence electrons. The molecule has 0 aliphatic carbocycles. The van der Waals surface area contributed by atoms with Gasteiger partial charge in [-0.05, 0) is 68.1 Å². The number of methoxy groups -OCH3 is 1. The largest absolute Gasteiger partial charge is 0.385 e. The van der Waals surface area contributed by atoms with Gasteiger partial charge in [-0.25, -0.2) is 14.4 Å². The first kappa shape index (κ1) is 29.4. The molecule has 1 N–H and O–H groups in total. The lowest BCUT2D eigenvalue weighted by atomic mass is 9.73. The Morgan fingerprint density at radius 3 is 2.36 bits per heavy atom. The highest BCUT2D eigenvalue weighted by Gasteiger charge is 2.55. The van der Waals surface area contributed by atoms with Crippen molar-refractivity contribution >= 4 is 29.1 Å². The highest BCUT2D eigenvalue weighted by Crippen LogP contribution is 2.49. The molecule has 2 fully saturated rings. The zero-order valence-electron chi connectivity index (χ0n) is 23.5. The number of aromatic nitrogens is 2. The standard InChI is InChI=1S/C31H33Cl2FN4O4/c1-3-30(40,19-8-10-37(11-9-19)24-17-42-18-24)21-12-25-28(26(34)13-21)31(41-2,20-4-6-22(32)7-5-20)38(29(25)39)16-27-35-14-23(33)15-36-27/h4-7,12-15,19,24,40H,3,8-11,16-18H2,1-2H3/t30-,31+/m0/s1. The zero-order valence-corrected chi connectivity index (χ0v) is 25.0. The highest BCUT2D eigenvalue weighted by atomic mass is 35.5. The molecule has 0 bridgehead atoms. The molecule has 1 amide bonds. The Morgan fingerprint density at radius 2 is 1.79 bits per heavy atom. The van der Waals surface area contributed by atoms with Crippen molar-refractivity contribution in [1.82, 2.24) is 19.8 Å². The molecule has 2 atom stereocenters. The maximum absolute atomic E-state index is 16.5. The van der Waals surface area contributed by atoms with Crippen LogP contribution in [0.5, 0.6) is 0 Å². The van der Waals surface area contributed by atoms with Crippen molar-refractivity contribution in [1.29, 1.82) is 0 Å². The van der Waals surface area contributed by atoms with Crippen molar-refractivity contribution in [2.24, 2.45) is 5.92 Å². The summed E-state index contributed by atoms with van der Waals surface area (Å²) in [5.41, 5.74) is -1.81.